The van der Waals surface area contributed by atoms with E-state index in [1.54, 1.807) is 0 Å². The second kappa shape index (κ2) is 7.52. The van der Waals surface area contributed by atoms with Crippen molar-refractivity contribution in [3.05, 3.63) is 27.7 Å². The van der Waals surface area contributed by atoms with Gasteiger partial charge >= 0.3 is 5.97 Å². The largest absolute Gasteiger partial charge is 0.481 e. The normalized spacial score (nSPS) is 12.2. The third kappa shape index (κ3) is 5.10. The fourth-order valence-corrected chi connectivity index (χ4v) is 2.36. The minimum absolute atomic E-state index is 0.0476. The third-order valence-corrected chi connectivity index (χ3v) is 3.58. The van der Waals surface area contributed by atoms with Crippen molar-refractivity contribution < 1.29 is 14.7 Å². The van der Waals surface area contributed by atoms with E-state index in [2.05, 4.69) is 5.32 Å². The molecule has 0 aliphatic carbocycles. The highest BCUT2D eigenvalue weighted by Gasteiger charge is 2.20. The van der Waals surface area contributed by atoms with Gasteiger partial charge in [-0.25, -0.2) is 0 Å². The molecule has 0 saturated heterocycles. The van der Waals surface area contributed by atoms with Crippen molar-refractivity contribution in [2.75, 3.05) is 12.3 Å². The summed E-state index contributed by atoms with van der Waals surface area (Å²) in [5.74, 6) is -1.77. The number of carboxylic acid groups (broad SMARTS) is 1. The number of nitrogens with two attached hydrogens (primary N) is 1. The SMILES string of the molecule is CC(C)CC(CNC(=O)c1cc(Cl)c(N)c(Cl)c1)C(=O)O. The molecule has 1 atom stereocenters. The topological polar surface area (TPSA) is 92.4 Å². The van der Waals surface area contributed by atoms with Gasteiger partial charge in [-0.2, -0.15) is 0 Å². The van der Waals surface area contributed by atoms with Crippen LogP contribution in [0.5, 0.6) is 0 Å². The van der Waals surface area contributed by atoms with Crippen molar-refractivity contribution in [3.8, 4) is 0 Å². The van der Waals surface area contributed by atoms with Gasteiger partial charge in [-0.1, -0.05) is 37.0 Å². The van der Waals surface area contributed by atoms with Crippen LogP contribution in [0.1, 0.15) is 30.6 Å². The number of nitrogens with one attached hydrogen (secondary N) is 1. The Morgan fingerprint density at radius 1 is 1.29 bits per heavy atom. The number of carboxylic acids is 1. The molecule has 0 aromatic heterocycles. The van der Waals surface area contributed by atoms with E-state index >= 15 is 0 Å². The average Bonchev–Trinajstić information content (AvgIpc) is 2.39. The molecule has 0 fully saturated rings. The van der Waals surface area contributed by atoms with Crippen LogP contribution in [0.2, 0.25) is 10.0 Å². The predicted octanol–water partition coefficient (Wildman–Crippen LogP) is 3.05. The lowest BCUT2D eigenvalue weighted by molar-refractivity contribution is -0.142. The summed E-state index contributed by atoms with van der Waals surface area (Å²) >= 11 is 11.7. The molecule has 5 nitrogen and oxygen atoms in total. The van der Waals surface area contributed by atoms with E-state index in [0.717, 1.165) is 0 Å². The molecule has 1 rings (SSSR count). The van der Waals surface area contributed by atoms with Crippen molar-refractivity contribution in [2.24, 2.45) is 11.8 Å². The van der Waals surface area contributed by atoms with Crippen LogP contribution in [0.3, 0.4) is 0 Å². The highest BCUT2D eigenvalue weighted by atomic mass is 35.5. The van der Waals surface area contributed by atoms with E-state index < -0.39 is 17.8 Å². The number of hydrogen-bond acceptors (Lipinski definition) is 3. The number of benzene rings is 1. The Hall–Kier alpha value is -1.46. The molecule has 0 bridgehead atoms. The summed E-state index contributed by atoms with van der Waals surface area (Å²) in [6, 6.07) is 2.80. The summed E-state index contributed by atoms with van der Waals surface area (Å²) in [6.45, 7) is 3.90. The summed E-state index contributed by atoms with van der Waals surface area (Å²) in [6.07, 6.45) is 0.485. The Kier molecular flexibility index (Phi) is 6.30. The van der Waals surface area contributed by atoms with E-state index in [-0.39, 0.29) is 33.8 Å². The Morgan fingerprint density at radius 2 is 1.81 bits per heavy atom. The van der Waals surface area contributed by atoms with Crippen molar-refractivity contribution in [3.63, 3.8) is 0 Å². The lowest BCUT2D eigenvalue weighted by Gasteiger charge is -2.15. The highest BCUT2D eigenvalue weighted by Crippen LogP contribution is 2.28. The Balaban J connectivity index is 2.75. The average molecular weight is 333 g/mol. The maximum absolute atomic E-state index is 12.0. The lowest BCUT2D eigenvalue weighted by atomic mass is 9.97. The Labute approximate surface area is 133 Å². The molecular weight excluding hydrogens is 315 g/mol. The van der Waals surface area contributed by atoms with Gasteiger partial charge in [-0.05, 0) is 24.5 Å². The number of hydrogen-bond donors (Lipinski definition) is 3. The molecule has 7 heteroatoms. The highest BCUT2D eigenvalue weighted by molar-refractivity contribution is 6.39. The van der Waals surface area contributed by atoms with Crippen molar-refractivity contribution >= 4 is 40.8 Å². The molecule has 116 valence electrons. The van der Waals surface area contributed by atoms with E-state index in [9.17, 15) is 9.59 Å². The molecule has 0 spiro atoms. The summed E-state index contributed by atoms with van der Waals surface area (Å²) in [4.78, 5) is 23.1. The molecule has 0 heterocycles. The molecule has 0 saturated carbocycles. The molecule has 1 unspecified atom stereocenters. The zero-order valence-corrected chi connectivity index (χ0v) is 13.3. The second-order valence-corrected chi connectivity index (χ2v) is 6.04. The zero-order chi connectivity index (χ0) is 16.2. The number of anilines is 1. The molecule has 1 amide bonds. The van der Waals surface area contributed by atoms with Crippen LogP contribution in [0, 0.1) is 11.8 Å². The standard InChI is InChI=1S/C14H18Cl2N2O3/c1-7(2)3-9(14(20)21)6-18-13(19)8-4-10(15)12(17)11(16)5-8/h4-5,7,9H,3,6,17H2,1-2H3,(H,18,19)(H,20,21). The van der Waals surface area contributed by atoms with Gasteiger partial charge in [0.1, 0.15) is 0 Å². The number of carbonyl (C=O) groups is 2. The summed E-state index contributed by atoms with van der Waals surface area (Å²) < 4.78 is 0. The van der Waals surface area contributed by atoms with Gasteiger partial charge in [0.2, 0.25) is 0 Å². The van der Waals surface area contributed by atoms with E-state index in [1.807, 2.05) is 13.8 Å². The van der Waals surface area contributed by atoms with Gasteiger partial charge in [0.15, 0.2) is 0 Å². The fourth-order valence-electron chi connectivity index (χ4n) is 1.87. The van der Waals surface area contributed by atoms with Gasteiger partial charge in [-0.15, -0.1) is 0 Å². The van der Waals surface area contributed by atoms with Crippen LogP contribution in [-0.4, -0.2) is 23.5 Å². The number of halogens is 2. The molecule has 21 heavy (non-hydrogen) atoms. The molecule has 0 aliphatic heterocycles. The summed E-state index contributed by atoms with van der Waals surface area (Å²) in [5, 5.41) is 12.1. The van der Waals surface area contributed by atoms with Crippen LogP contribution < -0.4 is 11.1 Å². The van der Waals surface area contributed by atoms with Crippen LogP contribution >= 0.6 is 23.2 Å². The first-order valence-electron chi connectivity index (χ1n) is 6.47. The van der Waals surface area contributed by atoms with Crippen LogP contribution in [0.4, 0.5) is 5.69 Å². The van der Waals surface area contributed by atoms with E-state index in [0.29, 0.717) is 6.42 Å². The Morgan fingerprint density at radius 3 is 2.24 bits per heavy atom. The summed E-state index contributed by atoms with van der Waals surface area (Å²) in [5.41, 5.74) is 6.04. The number of nitrogen functional groups attached to an aromatic ring is 1. The minimum Gasteiger partial charge on any atom is -0.481 e. The molecule has 1 aromatic carbocycles. The van der Waals surface area contributed by atoms with Crippen molar-refractivity contribution in [1.29, 1.82) is 0 Å². The first kappa shape index (κ1) is 17.6. The second-order valence-electron chi connectivity index (χ2n) is 5.23. The number of carbonyl (C=O) groups excluding carboxylic acids is 1. The minimum atomic E-state index is -0.933. The Bertz CT molecular complexity index is 524. The third-order valence-electron chi connectivity index (χ3n) is 2.96. The van der Waals surface area contributed by atoms with E-state index in [4.69, 9.17) is 34.0 Å². The quantitative estimate of drug-likeness (QED) is 0.698. The molecule has 4 N–H and O–H groups in total. The predicted molar refractivity (Wildman–Crippen MR) is 83.8 cm³/mol. The van der Waals surface area contributed by atoms with Gasteiger partial charge in [0, 0.05) is 12.1 Å². The maximum atomic E-state index is 12.0. The fraction of sp³-hybridized carbons (Fsp3) is 0.429. The molecule has 0 aliphatic rings. The van der Waals surface area contributed by atoms with Gasteiger partial charge in [0.25, 0.3) is 5.91 Å². The van der Waals surface area contributed by atoms with Crippen LogP contribution in [-0.2, 0) is 4.79 Å². The number of aliphatic carboxylic acids is 1. The number of amides is 1. The molecule has 0 radical (unpaired) electrons. The zero-order valence-electron chi connectivity index (χ0n) is 11.8. The van der Waals surface area contributed by atoms with E-state index in [1.165, 1.54) is 12.1 Å². The first-order valence-corrected chi connectivity index (χ1v) is 7.23. The lowest BCUT2D eigenvalue weighted by Crippen LogP contribution is -2.33. The van der Waals surface area contributed by atoms with Gasteiger partial charge in [0.05, 0.1) is 21.7 Å². The van der Waals surface area contributed by atoms with Crippen molar-refractivity contribution in [2.45, 2.75) is 20.3 Å². The smallest absolute Gasteiger partial charge is 0.308 e. The van der Waals surface area contributed by atoms with Gasteiger partial charge in [-0.3, -0.25) is 9.59 Å². The molecular formula is C14H18Cl2N2O3. The van der Waals surface area contributed by atoms with Crippen molar-refractivity contribution in [1.82, 2.24) is 5.32 Å². The van der Waals surface area contributed by atoms with Crippen LogP contribution in [0.15, 0.2) is 12.1 Å². The molecule has 1 aromatic rings. The van der Waals surface area contributed by atoms with Gasteiger partial charge < -0.3 is 16.2 Å². The number of rotatable bonds is 6. The monoisotopic (exact) mass is 332 g/mol. The summed E-state index contributed by atoms with van der Waals surface area (Å²) in [7, 11) is 0. The maximum Gasteiger partial charge on any atom is 0.308 e. The van der Waals surface area contributed by atoms with Crippen LogP contribution in [0.25, 0.3) is 0 Å². The first-order chi connectivity index (χ1) is 9.72.